The van der Waals surface area contributed by atoms with Crippen molar-refractivity contribution in [1.29, 1.82) is 0 Å². The van der Waals surface area contributed by atoms with Gasteiger partial charge in [0.25, 0.3) is 0 Å². The summed E-state index contributed by atoms with van der Waals surface area (Å²) in [5.74, 6) is 0.356. The van der Waals surface area contributed by atoms with Crippen molar-refractivity contribution in [1.82, 2.24) is 0 Å². The van der Waals surface area contributed by atoms with Gasteiger partial charge in [0.2, 0.25) is 0 Å². The van der Waals surface area contributed by atoms with E-state index in [9.17, 15) is 0 Å². The van der Waals surface area contributed by atoms with Crippen LogP contribution in [0.15, 0.2) is 24.3 Å². The van der Waals surface area contributed by atoms with Gasteiger partial charge in [0.1, 0.15) is 6.79 Å². The Hall–Kier alpha value is -1.37. The van der Waals surface area contributed by atoms with E-state index in [1.54, 1.807) is 0 Å². The molecule has 1 aromatic carbocycles. The topological polar surface area (TPSA) is 22.8 Å². The number of hydrogen-bond acceptors (Lipinski definition) is 2. The molecule has 1 heterocycles. The van der Waals surface area contributed by atoms with Crippen LogP contribution < -0.4 is 0 Å². The van der Waals surface area contributed by atoms with Crippen LogP contribution in [0.4, 0.5) is 5.69 Å². The van der Waals surface area contributed by atoms with Crippen molar-refractivity contribution >= 4 is 5.69 Å². The smallest absolute Gasteiger partial charge is 0.187 e. The van der Waals surface area contributed by atoms with Crippen molar-refractivity contribution in [3.05, 3.63) is 41.2 Å². The molecule has 1 fully saturated rings. The van der Waals surface area contributed by atoms with Gasteiger partial charge in [0, 0.05) is 5.92 Å². The number of ether oxygens (including phenoxy) is 2. The lowest BCUT2D eigenvalue weighted by Crippen LogP contribution is -2.05. The fourth-order valence-electron chi connectivity index (χ4n) is 1.73. The summed E-state index contributed by atoms with van der Waals surface area (Å²) in [6.45, 7) is 8.77. The molecule has 0 saturated carbocycles. The second-order valence-electron chi connectivity index (χ2n) is 3.59. The fraction of sp³-hybridized carbons (Fsp3) is 0.417. The number of rotatable bonds is 1. The molecule has 1 aromatic rings. The zero-order valence-electron chi connectivity index (χ0n) is 8.48. The van der Waals surface area contributed by atoms with Crippen molar-refractivity contribution in [2.45, 2.75) is 12.3 Å². The van der Waals surface area contributed by atoms with Gasteiger partial charge < -0.3 is 9.47 Å². The van der Waals surface area contributed by atoms with Crippen LogP contribution in [-0.2, 0) is 9.47 Å². The molecule has 0 aromatic heterocycles. The van der Waals surface area contributed by atoms with E-state index in [4.69, 9.17) is 16.0 Å². The highest BCUT2D eigenvalue weighted by Crippen LogP contribution is 2.25. The summed E-state index contributed by atoms with van der Waals surface area (Å²) in [4.78, 5) is 3.43. The van der Waals surface area contributed by atoms with Crippen LogP contribution in [0.5, 0.6) is 0 Å². The molecule has 1 unspecified atom stereocenters. The van der Waals surface area contributed by atoms with E-state index in [1.807, 2.05) is 24.3 Å². The summed E-state index contributed by atoms with van der Waals surface area (Å²) in [5, 5.41) is 0. The maximum absolute atomic E-state index is 6.97. The third kappa shape index (κ3) is 2.56. The Morgan fingerprint density at radius 2 is 2.27 bits per heavy atom. The molecule has 3 heteroatoms. The molecule has 1 aliphatic heterocycles. The van der Waals surface area contributed by atoms with E-state index in [1.165, 1.54) is 5.56 Å². The molecular weight excluding hydrogens is 190 g/mol. The Bertz CT molecular complexity index is 362. The number of benzene rings is 1. The normalized spacial score (nSPS) is 21.7. The highest BCUT2D eigenvalue weighted by molar-refractivity contribution is 5.47. The summed E-state index contributed by atoms with van der Waals surface area (Å²) in [6.07, 6.45) is 0.960. The Morgan fingerprint density at radius 3 is 3.13 bits per heavy atom. The van der Waals surface area contributed by atoms with Gasteiger partial charge in [0.15, 0.2) is 5.69 Å². The van der Waals surface area contributed by atoms with Crippen LogP contribution in [-0.4, -0.2) is 20.0 Å². The number of hydrogen-bond donors (Lipinski definition) is 0. The Kier molecular flexibility index (Phi) is 3.33. The van der Waals surface area contributed by atoms with E-state index in [-0.39, 0.29) is 0 Å². The second-order valence-corrected chi connectivity index (χ2v) is 3.59. The first-order valence-electron chi connectivity index (χ1n) is 5.03. The van der Waals surface area contributed by atoms with E-state index in [0.29, 0.717) is 25.0 Å². The van der Waals surface area contributed by atoms with Crippen LogP contribution >= 0.6 is 0 Å². The maximum atomic E-state index is 6.97. The van der Waals surface area contributed by atoms with Gasteiger partial charge in [-0.25, -0.2) is 4.85 Å². The van der Waals surface area contributed by atoms with Crippen LogP contribution in [0.3, 0.4) is 0 Å². The lowest BCUT2D eigenvalue weighted by atomic mass is 9.96. The van der Waals surface area contributed by atoms with Crippen LogP contribution in [0.1, 0.15) is 17.9 Å². The zero-order chi connectivity index (χ0) is 10.5. The molecule has 15 heavy (non-hydrogen) atoms. The third-order valence-corrected chi connectivity index (χ3v) is 2.57. The van der Waals surface area contributed by atoms with Gasteiger partial charge in [-0.1, -0.05) is 29.8 Å². The SMILES string of the molecule is [C-]#[N+]c1cccc(C2CCOCOC2)c1. The first-order valence-corrected chi connectivity index (χ1v) is 5.03. The maximum Gasteiger partial charge on any atom is 0.187 e. The Morgan fingerprint density at radius 1 is 1.33 bits per heavy atom. The molecule has 1 atom stereocenters. The average molecular weight is 203 g/mol. The fourth-order valence-corrected chi connectivity index (χ4v) is 1.73. The van der Waals surface area contributed by atoms with Crippen LogP contribution in [0.25, 0.3) is 4.85 Å². The molecule has 78 valence electrons. The standard InChI is InChI=1S/C12H13NO2/c1-13-12-4-2-3-10(7-12)11-5-6-14-9-15-8-11/h2-4,7,11H,5-6,8-9H2. The molecular formula is C12H13NO2. The monoisotopic (exact) mass is 203 g/mol. The first kappa shape index (κ1) is 10.2. The molecule has 2 rings (SSSR count). The van der Waals surface area contributed by atoms with Gasteiger partial charge in [-0.15, -0.1) is 0 Å². The highest BCUT2D eigenvalue weighted by atomic mass is 16.7. The van der Waals surface area contributed by atoms with Crippen molar-refractivity contribution < 1.29 is 9.47 Å². The summed E-state index contributed by atoms with van der Waals surface area (Å²) >= 11 is 0. The van der Waals surface area contributed by atoms with Gasteiger partial charge in [0.05, 0.1) is 19.8 Å². The summed E-state index contributed by atoms with van der Waals surface area (Å²) in [5.41, 5.74) is 1.87. The Labute approximate surface area is 89.4 Å². The second kappa shape index (κ2) is 4.92. The van der Waals surface area contributed by atoms with Crippen molar-refractivity contribution in [2.24, 2.45) is 0 Å². The van der Waals surface area contributed by atoms with Crippen LogP contribution in [0.2, 0.25) is 0 Å². The summed E-state index contributed by atoms with van der Waals surface area (Å²) in [6, 6.07) is 7.74. The van der Waals surface area contributed by atoms with Crippen LogP contribution in [0, 0.1) is 6.57 Å². The minimum atomic E-state index is 0.356. The number of nitrogens with zero attached hydrogens (tertiary/aromatic N) is 1. The highest BCUT2D eigenvalue weighted by Gasteiger charge is 2.14. The van der Waals surface area contributed by atoms with Crippen molar-refractivity contribution in [3.8, 4) is 0 Å². The van der Waals surface area contributed by atoms with Crippen molar-refractivity contribution in [3.63, 3.8) is 0 Å². The molecule has 0 bridgehead atoms. The van der Waals surface area contributed by atoms with Gasteiger partial charge in [-0.05, 0) is 6.42 Å². The molecule has 1 saturated heterocycles. The van der Waals surface area contributed by atoms with E-state index in [2.05, 4.69) is 4.85 Å². The first-order chi connectivity index (χ1) is 7.40. The van der Waals surface area contributed by atoms with Crippen molar-refractivity contribution in [2.75, 3.05) is 20.0 Å². The lowest BCUT2D eigenvalue weighted by molar-refractivity contribution is -0.0330. The van der Waals surface area contributed by atoms with E-state index >= 15 is 0 Å². The minimum absolute atomic E-state index is 0.356. The van der Waals surface area contributed by atoms with Gasteiger partial charge in [-0.3, -0.25) is 0 Å². The van der Waals surface area contributed by atoms with E-state index in [0.717, 1.165) is 13.0 Å². The lowest BCUT2D eigenvalue weighted by Gasteiger charge is -2.13. The molecule has 0 N–H and O–H groups in total. The van der Waals surface area contributed by atoms with Gasteiger partial charge in [-0.2, -0.15) is 0 Å². The minimum Gasteiger partial charge on any atom is -0.355 e. The largest absolute Gasteiger partial charge is 0.355 e. The zero-order valence-corrected chi connectivity index (χ0v) is 8.48. The average Bonchev–Trinajstić information content (AvgIpc) is 2.58. The molecule has 0 amide bonds. The molecule has 0 spiro atoms. The predicted molar refractivity (Wildman–Crippen MR) is 56.8 cm³/mol. The quantitative estimate of drug-likeness (QED) is 0.655. The third-order valence-electron chi connectivity index (χ3n) is 2.57. The molecule has 0 aliphatic carbocycles. The predicted octanol–water partition coefficient (Wildman–Crippen LogP) is 2.72. The van der Waals surface area contributed by atoms with E-state index < -0.39 is 0 Å². The summed E-state index contributed by atoms with van der Waals surface area (Å²) < 4.78 is 10.6. The Balaban J connectivity index is 2.16. The molecule has 0 radical (unpaired) electrons. The summed E-state index contributed by atoms with van der Waals surface area (Å²) in [7, 11) is 0. The van der Waals surface area contributed by atoms with Gasteiger partial charge >= 0.3 is 0 Å². The molecule has 1 aliphatic rings. The molecule has 3 nitrogen and oxygen atoms in total.